The molecule has 0 aliphatic carbocycles. The van der Waals surface area contributed by atoms with Crippen molar-refractivity contribution in [3.63, 3.8) is 0 Å². The SMILES string of the molecule is C=CC(=O)Nc1ccc2oc(CC(C)(C)C)nc2c1. The lowest BCUT2D eigenvalue weighted by Gasteiger charge is -2.14. The number of amides is 1. The number of oxazole rings is 1. The Morgan fingerprint density at radius 2 is 2.21 bits per heavy atom. The van der Waals surface area contributed by atoms with E-state index in [0.717, 1.165) is 23.4 Å². The quantitative estimate of drug-likeness (QED) is 0.857. The fraction of sp³-hybridized carbons (Fsp3) is 0.333. The smallest absolute Gasteiger partial charge is 0.247 e. The highest BCUT2D eigenvalue weighted by Crippen LogP contribution is 2.25. The van der Waals surface area contributed by atoms with E-state index >= 15 is 0 Å². The number of rotatable bonds is 3. The van der Waals surface area contributed by atoms with Gasteiger partial charge in [-0.05, 0) is 29.7 Å². The van der Waals surface area contributed by atoms with E-state index < -0.39 is 0 Å². The van der Waals surface area contributed by atoms with Crippen LogP contribution in [0.3, 0.4) is 0 Å². The molecule has 19 heavy (non-hydrogen) atoms. The summed E-state index contributed by atoms with van der Waals surface area (Å²) in [6.45, 7) is 9.83. The van der Waals surface area contributed by atoms with E-state index in [2.05, 4.69) is 37.7 Å². The normalized spacial score (nSPS) is 11.5. The summed E-state index contributed by atoms with van der Waals surface area (Å²) in [5.41, 5.74) is 2.30. The molecule has 0 radical (unpaired) electrons. The predicted molar refractivity (Wildman–Crippen MR) is 76.0 cm³/mol. The molecule has 1 aromatic heterocycles. The molecule has 0 spiro atoms. The van der Waals surface area contributed by atoms with E-state index in [1.165, 1.54) is 6.08 Å². The van der Waals surface area contributed by atoms with Crippen molar-refractivity contribution >= 4 is 22.7 Å². The molecular weight excluding hydrogens is 240 g/mol. The first kappa shape index (κ1) is 13.3. The highest BCUT2D eigenvalue weighted by molar-refractivity contribution is 5.99. The topological polar surface area (TPSA) is 55.1 Å². The van der Waals surface area contributed by atoms with Crippen molar-refractivity contribution in [1.82, 2.24) is 4.98 Å². The van der Waals surface area contributed by atoms with Crippen molar-refractivity contribution in [3.8, 4) is 0 Å². The molecule has 4 nitrogen and oxygen atoms in total. The number of anilines is 1. The van der Waals surface area contributed by atoms with Crippen LogP contribution >= 0.6 is 0 Å². The second kappa shape index (κ2) is 4.88. The Morgan fingerprint density at radius 3 is 2.84 bits per heavy atom. The molecule has 0 atom stereocenters. The van der Waals surface area contributed by atoms with E-state index in [0.29, 0.717) is 5.69 Å². The van der Waals surface area contributed by atoms with Crippen molar-refractivity contribution in [2.45, 2.75) is 27.2 Å². The van der Waals surface area contributed by atoms with E-state index in [-0.39, 0.29) is 11.3 Å². The Balaban J connectivity index is 2.28. The molecule has 0 saturated heterocycles. The molecule has 2 rings (SSSR count). The third-order valence-electron chi connectivity index (χ3n) is 2.57. The molecule has 0 aliphatic rings. The minimum absolute atomic E-state index is 0.126. The van der Waals surface area contributed by atoms with Crippen molar-refractivity contribution < 1.29 is 9.21 Å². The fourth-order valence-corrected chi connectivity index (χ4v) is 1.78. The number of hydrogen-bond donors (Lipinski definition) is 1. The minimum Gasteiger partial charge on any atom is -0.441 e. The van der Waals surface area contributed by atoms with Gasteiger partial charge in [0.2, 0.25) is 5.91 Å². The van der Waals surface area contributed by atoms with Gasteiger partial charge in [0.25, 0.3) is 0 Å². The van der Waals surface area contributed by atoms with Gasteiger partial charge in [0, 0.05) is 12.1 Å². The summed E-state index contributed by atoms with van der Waals surface area (Å²) in [6.07, 6.45) is 2.01. The van der Waals surface area contributed by atoms with Crippen LogP contribution in [0.2, 0.25) is 0 Å². The highest BCUT2D eigenvalue weighted by atomic mass is 16.3. The summed E-state index contributed by atoms with van der Waals surface area (Å²) in [6, 6.07) is 5.40. The van der Waals surface area contributed by atoms with Crippen LogP contribution in [0.5, 0.6) is 0 Å². The van der Waals surface area contributed by atoms with E-state index in [9.17, 15) is 4.79 Å². The average molecular weight is 258 g/mol. The summed E-state index contributed by atoms with van der Waals surface area (Å²) < 4.78 is 5.69. The van der Waals surface area contributed by atoms with Gasteiger partial charge in [0.15, 0.2) is 11.5 Å². The van der Waals surface area contributed by atoms with Crippen LogP contribution in [0.4, 0.5) is 5.69 Å². The first-order valence-electron chi connectivity index (χ1n) is 6.20. The zero-order chi connectivity index (χ0) is 14.0. The first-order valence-corrected chi connectivity index (χ1v) is 6.20. The average Bonchev–Trinajstić information content (AvgIpc) is 2.67. The molecule has 0 aliphatic heterocycles. The predicted octanol–water partition coefficient (Wildman–Crippen LogP) is 3.54. The van der Waals surface area contributed by atoms with Gasteiger partial charge in [0.05, 0.1) is 0 Å². The van der Waals surface area contributed by atoms with Crippen LogP contribution in [0.25, 0.3) is 11.1 Å². The lowest BCUT2D eigenvalue weighted by molar-refractivity contribution is -0.111. The molecule has 100 valence electrons. The molecule has 0 saturated carbocycles. The number of hydrogen-bond acceptors (Lipinski definition) is 3. The van der Waals surface area contributed by atoms with Gasteiger partial charge in [-0.3, -0.25) is 4.79 Å². The van der Waals surface area contributed by atoms with Gasteiger partial charge in [-0.25, -0.2) is 4.98 Å². The van der Waals surface area contributed by atoms with Gasteiger partial charge in [-0.1, -0.05) is 27.4 Å². The third kappa shape index (κ3) is 3.44. The Hall–Kier alpha value is -2.10. The van der Waals surface area contributed by atoms with Crippen LogP contribution in [0, 0.1) is 5.41 Å². The van der Waals surface area contributed by atoms with E-state index in [4.69, 9.17) is 4.42 Å². The third-order valence-corrected chi connectivity index (χ3v) is 2.57. The Morgan fingerprint density at radius 1 is 1.47 bits per heavy atom. The molecule has 1 heterocycles. The second-order valence-electron chi connectivity index (χ2n) is 5.72. The van der Waals surface area contributed by atoms with E-state index in [1.807, 2.05) is 6.07 Å². The lowest BCUT2D eigenvalue weighted by atomic mass is 9.92. The lowest BCUT2D eigenvalue weighted by Crippen LogP contribution is -2.09. The van der Waals surface area contributed by atoms with E-state index in [1.54, 1.807) is 12.1 Å². The van der Waals surface area contributed by atoms with Gasteiger partial charge >= 0.3 is 0 Å². The molecule has 2 aromatic rings. The maximum atomic E-state index is 11.2. The zero-order valence-corrected chi connectivity index (χ0v) is 11.5. The van der Waals surface area contributed by atoms with Crippen molar-refractivity contribution in [2.75, 3.05) is 5.32 Å². The van der Waals surface area contributed by atoms with Crippen LogP contribution in [-0.2, 0) is 11.2 Å². The number of nitrogens with zero attached hydrogens (tertiary/aromatic N) is 1. The van der Waals surface area contributed by atoms with Crippen molar-refractivity contribution in [3.05, 3.63) is 36.7 Å². The van der Waals surface area contributed by atoms with Crippen molar-refractivity contribution in [2.24, 2.45) is 5.41 Å². The zero-order valence-electron chi connectivity index (χ0n) is 11.5. The highest BCUT2D eigenvalue weighted by Gasteiger charge is 2.16. The second-order valence-corrected chi connectivity index (χ2v) is 5.72. The largest absolute Gasteiger partial charge is 0.441 e. The maximum Gasteiger partial charge on any atom is 0.247 e. The molecule has 1 N–H and O–H groups in total. The first-order chi connectivity index (χ1) is 8.87. The Labute approximate surface area is 112 Å². The minimum atomic E-state index is -0.238. The fourth-order valence-electron chi connectivity index (χ4n) is 1.78. The summed E-state index contributed by atoms with van der Waals surface area (Å²) >= 11 is 0. The molecule has 1 amide bonds. The Bertz CT molecular complexity index is 621. The number of carbonyl (C=O) groups excluding carboxylic acids is 1. The maximum absolute atomic E-state index is 11.2. The van der Waals surface area contributed by atoms with Crippen molar-refractivity contribution in [1.29, 1.82) is 0 Å². The molecular formula is C15H18N2O2. The van der Waals surface area contributed by atoms with Crippen LogP contribution in [0.1, 0.15) is 26.7 Å². The molecule has 0 bridgehead atoms. The Kier molecular flexibility index (Phi) is 3.42. The summed E-state index contributed by atoms with van der Waals surface area (Å²) in [5, 5.41) is 2.70. The summed E-state index contributed by atoms with van der Waals surface area (Å²) in [4.78, 5) is 15.7. The number of carbonyl (C=O) groups is 1. The summed E-state index contributed by atoms with van der Waals surface area (Å²) in [7, 11) is 0. The van der Waals surface area contributed by atoms with Gasteiger partial charge in [0.1, 0.15) is 5.52 Å². The van der Waals surface area contributed by atoms with Gasteiger partial charge < -0.3 is 9.73 Å². The van der Waals surface area contributed by atoms with Crippen LogP contribution in [-0.4, -0.2) is 10.9 Å². The number of benzene rings is 1. The molecule has 4 heteroatoms. The monoisotopic (exact) mass is 258 g/mol. The van der Waals surface area contributed by atoms with Gasteiger partial charge in [-0.15, -0.1) is 0 Å². The van der Waals surface area contributed by atoms with Gasteiger partial charge in [-0.2, -0.15) is 0 Å². The number of fused-ring (bicyclic) bond motifs is 1. The van der Waals surface area contributed by atoms with Crippen LogP contribution < -0.4 is 5.32 Å². The number of aromatic nitrogens is 1. The molecule has 1 aromatic carbocycles. The standard InChI is InChI=1S/C15H18N2O2/c1-5-13(18)16-10-6-7-12-11(8-10)17-14(19-12)9-15(2,3)4/h5-8H,1,9H2,2-4H3,(H,16,18). The summed E-state index contributed by atoms with van der Waals surface area (Å²) in [5.74, 6) is 0.479. The number of nitrogens with one attached hydrogen (secondary N) is 1. The van der Waals surface area contributed by atoms with Crippen LogP contribution in [0.15, 0.2) is 35.3 Å². The molecule has 0 fully saturated rings. The molecule has 0 unspecified atom stereocenters.